The Kier molecular flexibility index (Phi) is 8.53. The van der Waals surface area contributed by atoms with E-state index in [1.54, 1.807) is 4.90 Å². The van der Waals surface area contributed by atoms with E-state index >= 15 is 0 Å². The summed E-state index contributed by atoms with van der Waals surface area (Å²) in [5.41, 5.74) is 0.650. The molecule has 2 fully saturated rings. The van der Waals surface area contributed by atoms with Gasteiger partial charge in [-0.2, -0.15) is 0 Å². The van der Waals surface area contributed by atoms with Crippen LogP contribution in [0.3, 0.4) is 0 Å². The monoisotopic (exact) mass is 533 g/mol. The maximum Gasteiger partial charge on any atom is 0.348 e. The number of rotatable bonds is 7. The fourth-order valence-corrected chi connectivity index (χ4v) is 6.90. The standard InChI is InChI=1S/C29H43NO6S/c1-18-6-7-22(19(2)14-18)26(31)30(23-15-24(28(3,4)5)37-25(23)27(32)33)20-8-11-29(34,12-9-20)17-36-21-10-13-35-16-21/h6,15,19-22,34H,7-14,16-17H2,1-5H3,(H,32,33)/t19-,20-,21-,22?,29+/m0/s1. The number of thiophene rings is 1. The molecule has 2 N–H and O–H groups in total. The van der Waals surface area contributed by atoms with Crippen LogP contribution in [0.1, 0.15) is 94.1 Å². The summed E-state index contributed by atoms with van der Waals surface area (Å²) < 4.78 is 11.3. The van der Waals surface area contributed by atoms with Crippen LogP contribution in [-0.2, 0) is 19.7 Å². The van der Waals surface area contributed by atoms with E-state index in [0.29, 0.717) is 51.0 Å². The molecule has 3 atom stereocenters. The predicted octanol–water partition coefficient (Wildman–Crippen LogP) is 5.55. The number of hydrogen-bond donors (Lipinski definition) is 2. The Morgan fingerprint density at radius 3 is 2.51 bits per heavy atom. The number of hydrogen-bond acceptors (Lipinski definition) is 6. The number of carboxylic acids is 1. The van der Waals surface area contributed by atoms with Crippen molar-refractivity contribution in [1.82, 2.24) is 0 Å². The Balaban J connectivity index is 1.61. The van der Waals surface area contributed by atoms with Crippen LogP contribution in [0.15, 0.2) is 17.7 Å². The lowest BCUT2D eigenvalue weighted by molar-refractivity contribution is -0.125. The van der Waals surface area contributed by atoms with Crippen LogP contribution in [-0.4, -0.2) is 59.7 Å². The number of allylic oxidation sites excluding steroid dienone is 2. The summed E-state index contributed by atoms with van der Waals surface area (Å²) in [5, 5.41) is 21.4. The summed E-state index contributed by atoms with van der Waals surface area (Å²) in [6.07, 6.45) is 6.79. The Morgan fingerprint density at radius 2 is 1.95 bits per heavy atom. The van der Waals surface area contributed by atoms with Crippen LogP contribution in [0.25, 0.3) is 0 Å². The number of amides is 1. The number of carboxylic acid groups (broad SMARTS) is 1. The second-order valence-electron chi connectivity index (χ2n) is 12.4. The lowest BCUT2D eigenvalue weighted by Crippen LogP contribution is -2.51. The van der Waals surface area contributed by atoms with Crippen LogP contribution in [0.5, 0.6) is 0 Å². The molecule has 4 rings (SSSR count). The van der Waals surface area contributed by atoms with Gasteiger partial charge in [0.05, 0.1) is 30.6 Å². The molecule has 0 aromatic carbocycles. The molecule has 1 amide bonds. The van der Waals surface area contributed by atoms with Crippen molar-refractivity contribution >= 4 is 28.9 Å². The van der Waals surface area contributed by atoms with E-state index < -0.39 is 11.6 Å². The van der Waals surface area contributed by atoms with Crippen molar-refractivity contribution in [1.29, 1.82) is 0 Å². The van der Waals surface area contributed by atoms with Crippen LogP contribution in [0, 0.1) is 11.8 Å². The Morgan fingerprint density at radius 1 is 1.24 bits per heavy atom. The summed E-state index contributed by atoms with van der Waals surface area (Å²) in [7, 11) is 0. The van der Waals surface area contributed by atoms with Gasteiger partial charge in [-0.15, -0.1) is 11.3 Å². The van der Waals surface area contributed by atoms with Crippen LogP contribution >= 0.6 is 11.3 Å². The average Bonchev–Trinajstić information content (AvgIpc) is 3.50. The predicted molar refractivity (Wildman–Crippen MR) is 145 cm³/mol. The highest BCUT2D eigenvalue weighted by Gasteiger charge is 2.42. The van der Waals surface area contributed by atoms with Crippen molar-refractivity contribution < 1.29 is 29.3 Å². The normalized spacial score (nSPS) is 30.7. The first kappa shape index (κ1) is 28.3. The first-order chi connectivity index (χ1) is 17.4. The first-order valence-corrected chi connectivity index (χ1v) is 14.5. The average molecular weight is 534 g/mol. The van der Waals surface area contributed by atoms with Gasteiger partial charge in [-0.25, -0.2) is 4.79 Å². The number of anilines is 1. The summed E-state index contributed by atoms with van der Waals surface area (Å²) in [4.78, 5) is 29.6. The fourth-order valence-electron chi connectivity index (χ4n) is 5.86. The molecule has 1 saturated heterocycles. The van der Waals surface area contributed by atoms with Gasteiger partial charge in [-0.3, -0.25) is 4.79 Å². The van der Waals surface area contributed by atoms with Crippen molar-refractivity contribution in [2.24, 2.45) is 11.8 Å². The molecule has 1 aliphatic heterocycles. The minimum absolute atomic E-state index is 0.00630. The largest absolute Gasteiger partial charge is 0.477 e. The van der Waals surface area contributed by atoms with Gasteiger partial charge >= 0.3 is 5.97 Å². The molecule has 7 nitrogen and oxygen atoms in total. The van der Waals surface area contributed by atoms with Crippen molar-refractivity contribution in [3.05, 3.63) is 27.5 Å². The molecule has 8 heteroatoms. The first-order valence-electron chi connectivity index (χ1n) is 13.7. The van der Waals surface area contributed by atoms with Gasteiger partial charge in [0.2, 0.25) is 5.91 Å². The van der Waals surface area contributed by atoms with E-state index in [1.807, 2.05) is 6.07 Å². The second-order valence-corrected chi connectivity index (χ2v) is 13.5. The number of ether oxygens (including phenoxy) is 2. The van der Waals surface area contributed by atoms with Crippen LogP contribution in [0.2, 0.25) is 0 Å². The molecular formula is C29H43NO6S. The molecule has 37 heavy (non-hydrogen) atoms. The Labute approximate surface area is 224 Å². The van der Waals surface area contributed by atoms with E-state index in [0.717, 1.165) is 17.7 Å². The zero-order valence-electron chi connectivity index (χ0n) is 22.9. The Hall–Kier alpha value is -1.74. The third-order valence-corrected chi connectivity index (χ3v) is 9.78. The third-order valence-electron chi connectivity index (χ3n) is 8.24. The minimum atomic E-state index is -1.000. The van der Waals surface area contributed by atoms with E-state index in [4.69, 9.17) is 9.47 Å². The minimum Gasteiger partial charge on any atom is -0.477 e. The van der Waals surface area contributed by atoms with Gasteiger partial charge in [0.15, 0.2) is 0 Å². The lowest BCUT2D eigenvalue weighted by atomic mass is 9.78. The highest BCUT2D eigenvalue weighted by Crippen LogP contribution is 2.43. The molecule has 0 bridgehead atoms. The molecule has 0 spiro atoms. The van der Waals surface area contributed by atoms with E-state index in [9.17, 15) is 19.8 Å². The molecule has 2 aliphatic carbocycles. The highest BCUT2D eigenvalue weighted by molar-refractivity contribution is 7.14. The maximum atomic E-state index is 14.2. The molecule has 1 aromatic heterocycles. The van der Waals surface area contributed by atoms with E-state index in [-0.39, 0.29) is 46.8 Å². The summed E-state index contributed by atoms with van der Waals surface area (Å²) in [6.45, 7) is 11.9. The summed E-state index contributed by atoms with van der Waals surface area (Å²) in [5.74, 6) is -0.988. The zero-order valence-corrected chi connectivity index (χ0v) is 23.7. The van der Waals surface area contributed by atoms with Crippen molar-refractivity contribution in [2.75, 3.05) is 24.7 Å². The van der Waals surface area contributed by atoms with Crippen molar-refractivity contribution in [3.63, 3.8) is 0 Å². The number of aliphatic hydroxyl groups is 1. The van der Waals surface area contributed by atoms with Gasteiger partial charge in [-0.05, 0) is 69.3 Å². The van der Waals surface area contributed by atoms with Gasteiger partial charge in [0, 0.05) is 23.4 Å². The molecule has 0 radical (unpaired) electrons. The van der Waals surface area contributed by atoms with E-state index in [2.05, 4.69) is 40.7 Å². The molecule has 3 aliphatic rings. The molecule has 1 aromatic rings. The van der Waals surface area contributed by atoms with E-state index in [1.165, 1.54) is 16.9 Å². The van der Waals surface area contributed by atoms with Crippen LogP contribution in [0.4, 0.5) is 5.69 Å². The van der Waals surface area contributed by atoms with Crippen molar-refractivity contribution in [3.8, 4) is 0 Å². The van der Waals surface area contributed by atoms with Crippen molar-refractivity contribution in [2.45, 2.75) is 103 Å². The zero-order chi connectivity index (χ0) is 27.0. The van der Waals surface area contributed by atoms with Gasteiger partial charge in [0.1, 0.15) is 4.88 Å². The van der Waals surface area contributed by atoms with Gasteiger partial charge < -0.3 is 24.6 Å². The van der Waals surface area contributed by atoms with Gasteiger partial charge in [0.25, 0.3) is 0 Å². The molecule has 206 valence electrons. The molecule has 1 unspecified atom stereocenters. The van der Waals surface area contributed by atoms with Crippen LogP contribution < -0.4 is 4.90 Å². The SMILES string of the molecule is CC1=CCC(C(=O)N(c2cc(C(C)(C)C)sc2C(=O)O)[C@H]2CC[C@](O)(CO[C@H]3CCOC3)CC2)[C@@H](C)C1. The smallest absolute Gasteiger partial charge is 0.348 e. The highest BCUT2D eigenvalue weighted by atomic mass is 32.1. The molecule has 2 heterocycles. The van der Waals surface area contributed by atoms with Gasteiger partial charge in [-0.1, -0.05) is 39.3 Å². The number of aromatic carboxylic acids is 1. The topological polar surface area (TPSA) is 96.3 Å². The lowest BCUT2D eigenvalue weighted by Gasteiger charge is -2.42. The molecular weight excluding hydrogens is 490 g/mol. The maximum absolute atomic E-state index is 14.2. The summed E-state index contributed by atoms with van der Waals surface area (Å²) >= 11 is 1.27. The third kappa shape index (κ3) is 6.47. The number of carbonyl (C=O) groups is 2. The quantitative estimate of drug-likeness (QED) is 0.446. The molecule has 1 saturated carbocycles. The summed E-state index contributed by atoms with van der Waals surface area (Å²) in [6, 6.07) is 1.76. The Bertz CT molecular complexity index is 1010. The number of nitrogens with zero attached hydrogens (tertiary/aromatic N) is 1. The number of carbonyl (C=O) groups excluding carboxylic acids is 1. The fraction of sp³-hybridized carbons (Fsp3) is 0.724. The second kappa shape index (κ2) is 11.2.